The number of allylic oxidation sites excluding steroid dienone is 2. The third kappa shape index (κ3) is 3.44. The quantitative estimate of drug-likeness (QED) is 0.303. The molecule has 6 heteroatoms. The minimum atomic E-state index is -0.149. The van der Waals surface area contributed by atoms with E-state index in [9.17, 15) is 4.79 Å². The predicted octanol–water partition coefficient (Wildman–Crippen LogP) is 6.60. The van der Waals surface area contributed by atoms with Crippen molar-refractivity contribution in [3.05, 3.63) is 94.5 Å². The molecule has 0 fully saturated rings. The third-order valence-corrected chi connectivity index (χ3v) is 6.80. The molecule has 5 aromatic rings. The lowest BCUT2D eigenvalue weighted by molar-refractivity contribution is 0.742. The molecule has 3 aromatic heterocycles. The highest BCUT2D eigenvalue weighted by Gasteiger charge is 2.24. The normalized spacial score (nSPS) is 14.0. The first kappa shape index (κ1) is 20.9. The fourth-order valence-corrected chi connectivity index (χ4v) is 5.11. The van der Waals surface area contributed by atoms with E-state index in [2.05, 4.69) is 28.3 Å². The van der Waals surface area contributed by atoms with Gasteiger partial charge in [-0.3, -0.25) is 14.9 Å². The van der Waals surface area contributed by atoms with Gasteiger partial charge in [0.25, 0.3) is 5.56 Å². The fourth-order valence-electron chi connectivity index (χ4n) is 4.92. The average Bonchev–Trinajstić information content (AvgIpc) is 3.29. The van der Waals surface area contributed by atoms with Crippen molar-refractivity contribution in [1.29, 1.82) is 0 Å². The number of aromatic nitrogens is 4. The van der Waals surface area contributed by atoms with Crippen LogP contribution in [0.5, 0.6) is 0 Å². The minimum absolute atomic E-state index is 0.149. The predicted molar refractivity (Wildman–Crippen MR) is 138 cm³/mol. The largest absolute Gasteiger partial charge is 0.288 e. The lowest BCUT2D eigenvalue weighted by atomic mass is 9.92. The lowest BCUT2D eigenvalue weighted by Gasteiger charge is -2.14. The Kier molecular flexibility index (Phi) is 5.27. The Morgan fingerprint density at radius 2 is 1.85 bits per heavy atom. The summed E-state index contributed by atoms with van der Waals surface area (Å²) >= 11 is 6.39. The molecule has 34 heavy (non-hydrogen) atoms. The first-order valence-corrected chi connectivity index (χ1v) is 12.1. The van der Waals surface area contributed by atoms with Crippen molar-refractivity contribution < 1.29 is 0 Å². The summed E-state index contributed by atoms with van der Waals surface area (Å²) in [6.07, 6.45) is 8.38. The molecule has 3 heterocycles. The number of H-pyrrole nitrogens is 1. The van der Waals surface area contributed by atoms with Gasteiger partial charge in [0.15, 0.2) is 5.65 Å². The summed E-state index contributed by atoms with van der Waals surface area (Å²) in [7, 11) is 0. The molecule has 5 nitrogen and oxygen atoms in total. The second-order valence-corrected chi connectivity index (χ2v) is 8.91. The number of fused-ring (bicyclic) bond motifs is 2. The number of pyridine rings is 1. The number of nitrogens with one attached hydrogen (secondary N) is 1. The van der Waals surface area contributed by atoms with E-state index >= 15 is 0 Å². The molecular weight excluding hydrogens is 444 g/mol. The van der Waals surface area contributed by atoms with E-state index in [1.54, 1.807) is 10.7 Å². The number of halogens is 1. The molecule has 6 rings (SSSR count). The van der Waals surface area contributed by atoms with Crippen LogP contribution in [0.2, 0.25) is 0 Å². The monoisotopic (exact) mass is 466 g/mol. The number of hydrogen-bond donors (Lipinski definition) is 1. The second-order valence-electron chi connectivity index (χ2n) is 8.65. The molecule has 0 atom stereocenters. The van der Waals surface area contributed by atoms with Gasteiger partial charge in [0.2, 0.25) is 0 Å². The zero-order chi connectivity index (χ0) is 23.1. The standard InChI is InChI=1S/C28H23ClN4O/c29-17-23-24(21-13-14-22-20(16-21)12-7-15-30-22)28(34)33-27(31-23)25(18-8-3-1-4-9-18)26(32-33)19-10-5-2-6-11-19/h2,5-8,10-16,32H,1,3-4,9,17H2. The highest BCUT2D eigenvalue weighted by Crippen LogP contribution is 2.36. The Balaban J connectivity index is 1.65. The summed E-state index contributed by atoms with van der Waals surface area (Å²) in [5, 5.41) is 4.36. The summed E-state index contributed by atoms with van der Waals surface area (Å²) in [4.78, 5) is 23.3. The topological polar surface area (TPSA) is 63.0 Å². The molecule has 0 unspecified atom stereocenters. The molecule has 2 aromatic carbocycles. The molecular formula is C28H23ClN4O. The molecule has 168 valence electrons. The van der Waals surface area contributed by atoms with Gasteiger partial charge in [0, 0.05) is 22.7 Å². The van der Waals surface area contributed by atoms with Crippen LogP contribution in [0.4, 0.5) is 0 Å². The number of aromatic amines is 1. The van der Waals surface area contributed by atoms with Crippen LogP contribution in [0, 0.1) is 0 Å². The van der Waals surface area contributed by atoms with Crippen molar-refractivity contribution in [2.75, 3.05) is 0 Å². The molecule has 1 N–H and O–H groups in total. The first-order valence-electron chi connectivity index (χ1n) is 11.6. The van der Waals surface area contributed by atoms with Crippen molar-refractivity contribution in [3.63, 3.8) is 0 Å². The third-order valence-electron chi connectivity index (χ3n) is 6.55. The maximum absolute atomic E-state index is 13.9. The molecule has 1 aliphatic carbocycles. The number of alkyl halides is 1. The van der Waals surface area contributed by atoms with Crippen LogP contribution < -0.4 is 5.56 Å². The van der Waals surface area contributed by atoms with Crippen LogP contribution in [0.1, 0.15) is 36.9 Å². The molecule has 1 aliphatic rings. The van der Waals surface area contributed by atoms with Crippen LogP contribution in [0.25, 0.3) is 44.5 Å². The summed E-state index contributed by atoms with van der Waals surface area (Å²) in [6, 6.07) is 19.8. The van der Waals surface area contributed by atoms with Crippen LogP contribution in [-0.2, 0) is 5.88 Å². The molecule has 0 bridgehead atoms. The lowest BCUT2D eigenvalue weighted by Crippen LogP contribution is -2.20. The summed E-state index contributed by atoms with van der Waals surface area (Å²) in [5.74, 6) is 0.149. The zero-order valence-corrected chi connectivity index (χ0v) is 19.3. The fraction of sp³-hybridized carbons (Fsp3) is 0.179. The highest BCUT2D eigenvalue weighted by atomic mass is 35.5. The maximum Gasteiger partial charge on any atom is 0.280 e. The maximum atomic E-state index is 13.9. The van der Waals surface area contributed by atoms with E-state index in [1.807, 2.05) is 48.5 Å². The molecule has 0 spiro atoms. The summed E-state index contributed by atoms with van der Waals surface area (Å²) in [5.41, 5.74) is 7.45. The Hall–Kier alpha value is -3.70. The van der Waals surface area contributed by atoms with E-state index in [0.29, 0.717) is 16.9 Å². The van der Waals surface area contributed by atoms with Gasteiger partial charge in [-0.25, -0.2) is 4.98 Å². The smallest absolute Gasteiger partial charge is 0.280 e. The Morgan fingerprint density at radius 1 is 0.971 bits per heavy atom. The van der Waals surface area contributed by atoms with Crippen molar-refractivity contribution >= 4 is 33.7 Å². The average molecular weight is 467 g/mol. The van der Waals surface area contributed by atoms with Gasteiger partial charge in [-0.2, -0.15) is 4.52 Å². The Labute approximate surface area is 201 Å². The van der Waals surface area contributed by atoms with Crippen LogP contribution in [-0.4, -0.2) is 19.6 Å². The molecule has 0 amide bonds. The van der Waals surface area contributed by atoms with Gasteiger partial charge < -0.3 is 0 Å². The van der Waals surface area contributed by atoms with E-state index in [0.717, 1.165) is 52.5 Å². The van der Waals surface area contributed by atoms with Crippen LogP contribution in [0.15, 0.2) is 77.7 Å². The van der Waals surface area contributed by atoms with Crippen molar-refractivity contribution in [3.8, 4) is 22.4 Å². The van der Waals surface area contributed by atoms with Gasteiger partial charge in [-0.15, -0.1) is 11.6 Å². The summed E-state index contributed by atoms with van der Waals surface area (Å²) in [6.45, 7) is 0. The summed E-state index contributed by atoms with van der Waals surface area (Å²) < 4.78 is 1.59. The zero-order valence-electron chi connectivity index (χ0n) is 18.6. The SMILES string of the molecule is O=c1c(-c2ccc3ncccc3c2)c(CCl)nc2c(C3=CCCCC3)c(-c3ccccc3)[nH]n12. The van der Waals surface area contributed by atoms with Gasteiger partial charge in [-0.1, -0.05) is 48.5 Å². The van der Waals surface area contributed by atoms with Gasteiger partial charge in [0.05, 0.1) is 28.3 Å². The van der Waals surface area contributed by atoms with E-state index in [1.165, 1.54) is 12.0 Å². The highest BCUT2D eigenvalue weighted by molar-refractivity contribution is 6.17. The first-order chi connectivity index (χ1) is 16.7. The van der Waals surface area contributed by atoms with E-state index in [-0.39, 0.29) is 11.4 Å². The van der Waals surface area contributed by atoms with Gasteiger partial charge in [-0.05, 0) is 55.0 Å². The minimum Gasteiger partial charge on any atom is -0.288 e. The van der Waals surface area contributed by atoms with Crippen LogP contribution >= 0.6 is 11.6 Å². The number of benzene rings is 2. The number of nitrogens with zero attached hydrogens (tertiary/aromatic N) is 3. The molecule has 0 saturated carbocycles. The molecule has 0 aliphatic heterocycles. The molecule has 0 saturated heterocycles. The molecule has 0 radical (unpaired) electrons. The van der Waals surface area contributed by atoms with Crippen molar-refractivity contribution in [2.45, 2.75) is 31.6 Å². The second kappa shape index (κ2) is 8.58. The van der Waals surface area contributed by atoms with Crippen molar-refractivity contribution in [1.82, 2.24) is 19.6 Å². The Morgan fingerprint density at radius 3 is 2.65 bits per heavy atom. The van der Waals surface area contributed by atoms with Crippen LogP contribution in [0.3, 0.4) is 0 Å². The Bertz CT molecular complexity index is 1610. The van der Waals surface area contributed by atoms with Crippen molar-refractivity contribution in [2.24, 2.45) is 0 Å². The van der Waals surface area contributed by atoms with Gasteiger partial charge >= 0.3 is 0 Å². The number of hydrogen-bond acceptors (Lipinski definition) is 3. The van der Waals surface area contributed by atoms with E-state index in [4.69, 9.17) is 16.6 Å². The van der Waals surface area contributed by atoms with Gasteiger partial charge in [0.1, 0.15) is 0 Å². The number of rotatable bonds is 4. The van der Waals surface area contributed by atoms with E-state index < -0.39 is 0 Å².